The van der Waals surface area contributed by atoms with Gasteiger partial charge in [0.25, 0.3) is 0 Å². The number of sulfonamides is 1. The third-order valence-electron chi connectivity index (χ3n) is 6.22. The van der Waals surface area contributed by atoms with Crippen LogP contribution in [0.15, 0.2) is 60.7 Å². The smallest absolute Gasteiger partial charge is 0.244 e. The van der Waals surface area contributed by atoms with Crippen LogP contribution in [0.1, 0.15) is 32.8 Å². The maximum Gasteiger partial charge on any atom is 0.244 e. The number of halogens is 2. The first kappa shape index (κ1) is 28.8. The standard InChI is InChI=1S/C27H31Cl2N3O4S/c1-5-18(2)30-27(34)19(3)31(16-20-13-14-23(28)24(29)15-20)26(33)17-32(37(4,35)36)25-12-8-10-21-9-6-7-11-22(21)25/h6-15,18-19H,5,16-17H2,1-4H3,(H,30,34)/t18-,19-/m1/s1. The van der Waals surface area contributed by atoms with E-state index in [9.17, 15) is 18.0 Å². The van der Waals surface area contributed by atoms with E-state index in [1.54, 1.807) is 37.3 Å². The Balaban J connectivity index is 2.00. The summed E-state index contributed by atoms with van der Waals surface area (Å²) in [6.07, 6.45) is 1.78. The lowest BCUT2D eigenvalue weighted by atomic mass is 10.1. The summed E-state index contributed by atoms with van der Waals surface area (Å²) in [5.74, 6) is -0.866. The van der Waals surface area contributed by atoms with E-state index in [1.165, 1.54) is 4.90 Å². The summed E-state index contributed by atoms with van der Waals surface area (Å²) in [6, 6.07) is 16.6. The van der Waals surface area contributed by atoms with Gasteiger partial charge in [-0.25, -0.2) is 8.42 Å². The molecule has 2 amide bonds. The fraction of sp³-hybridized carbons (Fsp3) is 0.333. The van der Waals surface area contributed by atoms with Crippen molar-refractivity contribution < 1.29 is 18.0 Å². The highest BCUT2D eigenvalue weighted by Gasteiger charge is 2.31. The number of rotatable bonds is 10. The van der Waals surface area contributed by atoms with Gasteiger partial charge >= 0.3 is 0 Å². The Kier molecular flexibility index (Phi) is 9.45. The Labute approximate surface area is 228 Å². The molecule has 0 saturated heterocycles. The van der Waals surface area contributed by atoms with Gasteiger partial charge in [0.15, 0.2) is 0 Å². The van der Waals surface area contributed by atoms with Crippen LogP contribution < -0.4 is 9.62 Å². The average Bonchev–Trinajstić information content (AvgIpc) is 2.86. The van der Waals surface area contributed by atoms with Crippen LogP contribution in [-0.4, -0.2) is 50.0 Å². The predicted molar refractivity (Wildman–Crippen MR) is 151 cm³/mol. The van der Waals surface area contributed by atoms with E-state index in [0.717, 1.165) is 22.4 Å². The quantitative estimate of drug-likeness (QED) is 0.365. The molecule has 0 spiro atoms. The van der Waals surface area contributed by atoms with E-state index >= 15 is 0 Å². The second kappa shape index (κ2) is 12.2. The van der Waals surface area contributed by atoms with Crippen LogP contribution in [0.2, 0.25) is 10.0 Å². The number of hydrogen-bond donors (Lipinski definition) is 1. The van der Waals surface area contributed by atoms with Gasteiger partial charge in [-0.15, -0.1) is 0 Å². The average molecular weight is 565 g/mol. The number of nitrogens with zero attached hydrogens (tertiary/aromatic N) is 2. The minimum absolute atomic E-state index is 0.0396. The fourth-order valence-electron chi connectivity index (χ4n) is 3.90. The van der Waals surface area contributed by atoms with Crippen LogP contribution in [0.25, 0.3) is 10.8 Å². The maximum atomic E-state index is 13.7. The van der Waals surface area contributed by atoms with Gasteiger partial charge in [0.1, 0.15) is 12.6 Å². The lowest BCUT2D eigenvalue weighted by Crippen LogP contribution is -2.52. The van der Waals surface area contributed by atoms with Crippen LogP contribution >= 0.6 is 23.2 Å². The molecule has 0 aromatic heterocycles. The number of hydrogen-bond acceptors (Lipinski definition) is 4. The highest BCUT2D eigenvalue weighted by atomic mass is 35.5. The van der Waals surface area contributed by atoms with E-state index < -0.39 is 28.5 Å². The number of amides is 2. The van der Waals surface area contributed by atoms with Crippen molar-refractivity contribution in [2.45, 2.75) is 45.8 Å². The van der Waals surface area contributed by atoms with Gasteiger partial charge in [-0.2, -0.15) is 0 Å². The van der Waals surface area contributed by atoms with Gasteiger partial charge < -0.3 is 10.2 Å². The van der Waals surface area contributed by atoms with Crippen molar-refractivity contribution >= 4 is 61.5 Å². The van der Waals surface area contributed by atoms with Gasteiger partial charge in [0, 0.05) is 18.0 Å². The molecule has 3 rings (SSSR count). The summed E-state index contributed by atoms with van der Waals surface area (Å²) in [6.45, 7) is 5.01. The second-order valence-electron chi connectivity index (χ2n) is 9.03. The largest absolute Gasteiger partial charge is 0.352 e. The van der Waals surface area contributed by atoms with Crippen LogP contribution in [-0.2, 0) is 26.2 Å². The lowest BCUT2D eigenvalue weighted by Gasteiger charge is -2.32. The monoisotopic (exact) mass is 563 g/mol. The van der Waals surface area contributed by atoms with Crippen LogP contribution in [0.4, 0.5) is 5.69 Å². The topological polar surface area (TPSA) is 86.8 Å². The molecule has 0 heterocycles. The summed E-state index contributed by atoms with van der Waals surface area (Å²) < 4.78 is 26.9. The highest BCUT2D eigenvalue weighted by molar-refractivity contribution is 7.92. The predicted octanol–water partition coefficient (Wildman–Crippen LogP) is 5.24. The maximum absolute atomic E-state index is 13.7. The molecule has 1 N–H and O–H groups in total. The lowest BCUT2D eigenvalue weighted by molar-refractivity contribution is -0.139. The molecule has 0 aliphatic rings. The zero-order valence-electron chi connectivity index (χ0n) is 21.2. The summed E-state index contributed by atoms with van der Waals surface area (Å²) in [5.41, 5.74) is 1.04. The Morgan fingerprint density at radius 2 is 1.65 bits per heavy atom. The molecule has 37 heavy (non-hydrogen) atoms. The molecule has 10 heteroatoms. The first-order valence-electron chi connectivity index (χ1n) is 11.9. The molecule has 7 nitrogen and oxygen atoms in total. The number of fused-ring (bicyclic) bond motifs is 1. The van der Waals surface area contributed by atoms with Crippen molar-refractivity contribution in [3.8, 4) is 0 Å². The molecular formula is C27H31Cl2N3O4S. The van der Waals surface area contributed by atoms with E-state index in [-0.39, 0.29) is 18.5 Å². The molecule has 0 aliphatic heterocycles. The molecule has 0 radical (unpaired) electrons. The zero-order chi connectivity index (χ0) is 27.3. The van der Waals surface area contributed by atoms with Crippen molar-refractivity contribution in [3.63, 3.8) is 0 Å². The molecular weight excluding hydrogens is 533 g/mol. The minimum Gasteiger partial charge on any atom is -0.352 e. The van der Waals surface area contributed by atoms with Gasteiger partial charge in [0.2, 0.25) is 21.8 Å². The SMILES string of the molecule is CC[C@@H](C)NC(=O)[C@@H](C)N(Cc1ccc(Cl)c(Cl)c1)C(=O)CN(c1cccc2ccccc12)S(C)(=O)=O. The Hall–Kier alpha value is -2.81. The molecule has 198 valence electrons. The summed E-state index contributed by atoms with van der Waals surface area (Å²) in [7, 11) is -3.85. The van der Waals surface area contributed by atoms with Crippen molar-refractivity contribution in [2.75, 3.05) is 17.1 Å². The molecule has 0 unspecified atom stereocenters. The molecule has 0 aliphatic carbocycles. The normalized spacial score (nSPS) is 13.1. The van der Waals surface area contributed by atoms with Gasteiger partial charge in [-0.05, 0) is 49.4 Å². The zero-order valence-corrected chi connectivity index (χ0v) is 23.6. The Bertz CT molecular complexity index is 1390. The molecule has 0 fully saturated rings. The fourth-order valence-corrected chi connectivity index (χ4v) is 5.09. The number of carbonyl (C=O) groups excluding carboxylic acids is 2. The third-order valence-corrected chi connectivity index (χ3v) is 8.09. The Morgan fingerprint density at radius 3 is 2.30 bits per heavy atom. The van der Waals surface area contributed by atoms with Crippen molar-refractivity contribution in [1.82, 2.24) is 10.2 Å². The van der Waals surface area contributed by atoms with Crippen LogP contribution in [0.3, 0.4) is 0 Å². The van der Waals surface area contributed by atoms with Crippen molar-refractivity contribution in [3.05, 3.63) is 76.3 Å². The number of carbonyl (C=O) groups is 2. The number of anilines is 1. The molecule has 2 atom stereocenters. The van der Waals surface area contributed by atoms with Gasteiger partial charge in [0.05, 0.1) is 22.0 Å². The molecule has 3 aromatic carbocycles. The molecule has 0 saturated carbocycles. The van der Waals surface area contributed by atoms with E-state index in [4.69, 9.17) is 23.2 Å². The second-order valence-corrected chi connectivity index (χ2v) is 11.8. The van der Waals surface area contributed by atoms with Crippen LogP contribution in [0, 0.1) is 0 Å². The highest BCUT2D eigenvalue weighted by Crippen LogP contribution is 2.29. The van der Waals surface area contributed by atoms with E-state index in [1.807, 2.05) is 44.2 Å². The third kappa shape index (κ3) is 7.15. The first-order valence-corrected chi connectivity index (χ1v) is 14.5. The number of benzene rings is 3. The van der Waals surface area contributed by atoms with Gasteiger partial charge in [-0.3, -0.25) is 13.9 Å². The minimum atomic E-state index is -3.85. The Morgan fingerprint density at radius 1 is 0.973 bits per heavy atom. The first-order chi connectivity index (χ1) is 17.4. The van der Waals surface area contributed by atoms with E-state index in [0.29, 0.717) is 26.7 Å². The summed E-state index contributed by atoms with van der Waals surface area (Å²) >= 11 is 12.2. The van der Waals surface area contributed by atoms with Crippen molar-refractivity contribution in [1.29, 1.82) is 0 Å². The summed E-state index contributed by atoms with van der Waals surface area (Å²) in [5, 5.41) is 5.12. The van der Waals surface area contributed by atoms with E-state index in [2.05, 4.69) is 5.32 Å². The van der Waals surface area contributed by atoms with Gasteiger partial charge in [-0.1, -0.05) is 72.6 Å². The molecule has 0 bridgehead atoms. The summed E-state index contributed by atoms with van der Waals surface area (Å²) in [4.78, 5) is 28.1. The van der Waals surface area contributed by atoms with Crippen LogP contribution in [0.5, 0.6) is 0 Å². The molecule has 3 aromatic rings. The number of nitrogens with one attached hydrogen (secondary N) is 1. The van der Waals surface area contributed by atoms with Crippen molar-refractivity contribution in [2.24, 2.45) is 0 Å².